The molecule has 1 aromatic carbocycles. The number of thiophene rings is 1. The number of carbonyl (C=O) groups excluding carboxylic acids is 1. The number of allylic oxidation sites excluding steroid dienone is 4. The smallest absolute Gasteiger partial charge is 0.265 e. The summed E-state index contributed by atoms with van der Waals surface area (Å²) in [6.45, 7) is 2.76. The van der Waals surface area contributed by atoms with Gasteiger partial charge in [0, 0.05) is 16.5 Å². The highest BCUT2D eigenvalue weighted by molar-refractivity contribution is 7.09. The highest BCUT2D eigenvalue weighted by Crippen LogP contribution is 2.29. The van der Waals surface area contributed by atoms with Gasteiger partial charge in [-0.05, 0) is 54.6 Å². The van der Waals surface area contributed by atoms with E-state index in [0.29, 0.717) is 18.2 Å². The monoisotopic (exact) mass is 383 g/mol. The van der Waals surface area contributed by atoms with Crippen LogP contribution in [0.5, 0.6) is 11.5 Å². The van der Waals surface area contributed by atoms with E-state index in [1.807, 2.05) is 46.7 Å². The average Bonchev–Trinajstić information content (AvgIpc) is 3.24. The van der Waals surface area contributed by atoms with E-state index >= 15 is 0 Å². The number of rotatable bonds is 8. The van der Waals surface area contributed by atoms with E-state index in [1.165, 1.54) is 0 Å². The largest absolute Gasteiger partial charge is 0.497 e. The lowest BCUT2D eigenvalue weighted by Crippen LogP contribution is -2.36. The number of amides is 1. The van der Waals surface area contributed by atoms with Crippen molar-refractivity contribution in [2.24, 2.45) is 5.92 Å². The molecule has 1 atom stereocenters. The van der Waals surface area contributed by atoms with Crippen LogP contribution in [-0.2, 0) is 11.3 Å². The molecular weight excluding hydrogens is 358 g/mol. The zero-order chi connectivity index (χ0) is 19.1. The molecule has 0 spiro atoms. The molecule has 0 aliphatic heterocycles. The number of nitrogens with zero attached hydrogens (tertiary/aromatic N) is 1. The first-order chi connectivity index (χ1) is 13.2. The minimum Gasteiger partial charge on any atom is -0.497 e. The standard InChI is InChI=1S/C22H25NO3S/c1-3-17-7-4-5-9-21(17)23(15-20-8-6-14-27-20)22(24)16-26-19-12-10-18(25-2)11-13-19/h4-6,8-14,17H,3,7,15-16H2,1-2H3. The lowest BCUT2D eigenvalue weighted by Gasteiger charge is -2.31. The molecule has 1 heterocycles. The molecule has 0 fully saturated rings. The van der Waals surface area contributed by atoms with Crippen LogP contribution in [0.2, 0.25) is 0 Å². The maximum atomic E-state index is 13.0. The van der Waals surface area contributed by atoms with Gasteiger partial charge in [-0.3, -0.25) is 4.79 Å². The molecule has 0 saturated carbocycles. The van der Waals surface area contributed by atoms with Crippen molar-refractivity contribution in [3.8, 4) is 11.5 Å². The van der Waals surface area contributed by atoms with E-state index in [-0.39, 0.29) is 12.5 Å². The summed E-state index contributed by atoms with van der Waals surface area (Å²) in [4.78, 5) is 16.1. The van der Waals surface area contributed by atoms with Crippen molar-refractivity contribution in [3.63, 3.8) is 0 Å². The molecular formula is C22H25NO3S. The minimum absolute atomic E-state index is 0.00912. The summed E-state index contributed by atoms with van der Waals surface area (Å²) in [6.07, 6.45) is 8.25. The molecule has 0 N–H and O–H groups in total. The van der Waals surface area contributed by atoms with Gasteiger partial charge in [-0.2, -0.15) is 0 Å². The van der Waals surface area contributed by atoms with Crippen LogP contribution in [0.25, 0.3) is 0 Å². The second-order valence-electron chi connectivity index (χ2n) is 6.38. The van der Waals surface area contributed by atoms with Gasteiger partial charge in [0.15, 0.2) is 6.61 Å². The number of carbonyl (C=O) groups is 1. The number of methoxy groups -OCH3 is 1. The van der Waals surface area contributed by atoms with Crippen LogP contribution >= 0.6 is 11.3 Å². The van der Waals surface area contributed by atoms with Gasteiger partial charge in [0.1, 0.15) is 11.5 Å². The second-order valence-corrected chi connectivity index (χ2v) is 7.42. The van der Waals surface area contributed by atoms with Crippen LogP contribution < -0.4 is 9.47 Å². The van der Waals surface area contributed by atoms with Gasteiger partial charge in [0.05, 0.1) is 13.7 Å². The van der Waals surface area contributed by atoms with Gasteiger partial charge in [0.25, 0.3) is 5.91 Å². The molecule has 142 valence electrons. The fraction of sp³-hybridized carbons (Fsp3) is 0.318. The summed E-state index contributed by atoms with van der Waals surface area (Å²) in [6, 6.07) is 11.4. The third-order valence-corrected chi connectivity index (χ3v) is 5.52. The zero-order valence-corrected chi connectivity index (χ0v) is 16.6. The predicted molar refractivity (Wildman–Crippen MR) is 109 cm³/mol. The van der Waals surface area contributed by atoms with Crippen molar-refractivity contribution in [2.45, 2.75) is 26.3 Å². The van der Waals surface area contributed by atoms with Gasteiger partial charge in [-0.15, -0.1) is 11.3 Å². The topological polar surface area (TPSA) is 38.8 Å². The summed E-state index contributed by atoms with van der Waals surface area (Å²) in [5.41, 5.74) is 1.08. The Labute approximate surface area is 164 Å². The van der Waals surface area contributed by atoms with Gasteiger partial charge in [-0.1, -0.05) is 25.1 Å². The van der Waals surface area contributed by atoms with Crippen molar-refractivity contribution < 1.29 is 14.3 Å². The molecule has 5 heteroatoms. The zero-order valence-electron chi connectivity index (χ0n) is 15.8. The molecule has 0 radical (unpaired) electrons. The summed E-state index contributed by atoms with van der Waals surface area (Å²) < 4.78 is 10.9. The SMILES string of the molecule is CCC1CC=CC=C1N(Cc1cccs1)C(=O)COc1ccc(OC)cc1. The Balaban J connectivity index is 1.73. The Bertz CT molecular complexity index is 793. The van der Waals surface area contributed by atoms with Crippen LogP contribution in [0.1, 0.15) is 24.6 Å². The summed E-state index contributed by atoms with van der Waals surface area (Å²) in [7, 11) is 1.62. The van der Waals surface area contributed by atoms with E-state index in [0.717, 1.165) is 29.2 Å². The van der Waals surface area contributed by atoms with Crippen LogP contribution in [0, 0.1) is 5.92 Å². The molecule has 27 heavy (non-hydrogen) atoms. The Morgan fingerprint density at radius 1 is 1.22 bits per heavy atom. The van der Waals surface area contributed by atoms with Gasteiger partial charge in [-0.25, -0.2) is 0 Å². The van der Waals surface area contributed by atoms with E-state index in [2.05, 4.69) is 25.1 Å². The summed E-state index contributed by atoms with van der Waals surface area (Å²) in [5, 5.41) is 2.04. The van der Waals surface area contributed by atoms with Crippen molar-refractivity contribution in [3.05, 3.63) is 70.6 Å². The van der Waals surface area contributed by atoms with Crippen molar-refractivity contribution in [1.29, 1.82) is 0 Å². The Morgan fingerprint density at radius 3 is 2.67 bits per heavy atom. The second kappa shape index (κ2) is 9.42. The number of benzene rings is 1. The molecule has 0 bridgehead atoms. The molecule has 0 saturated heterocycles. The molecule has 1 aromatic heterocycles. The lowest BCUT2D eigenvalue weighted by molar-refractivity contribution is -0.132. The Morgan fingerprint density at radius 2 is 2.00 bits per heavy atom. The molecule has 3 rings (SSSR count). The van der Waals surface area contributed by atoms with Crippen molar-refractivity contribution >= 4 is 17.2 Å². The number of hydrogen-bond acceptors (Lipinski definition) is 4. The fourth-order valence-electron chi connectivity index (χ4n) is 3.13. The number of hydrogen-bond donors (Lipinski definition) is 0. The summed E-state index contributed by atoms with van der Waals surface area (Å²) in [5.74, 6) is 1.75. The first-order valence-electron chi connectivity index (χ1n) is 9.17. The quantitative estimate of drug-likeness (QED) is 0.641. The minimum atomic E-state index is -0.0285. The van der Waals surface area contributed by atoms with Crippen molar-refractivity contribution in [1.82, 2.24) is 4.90 Å². The Kier molecular flexibility index (Phi) is 6.71. The highest BCUT2D eigenvalue weighted by atomic mass is 32.1. The van der Waals surface area contributed by atoms with Gasteiger partial charge < -0.3 is 14.4 Å². The first kappa shape index (κ1) is 19.2. The predicted octanol–water partition coefficient (Wildman–Crippen LogP) is 5.03. The van der Waals surface area contributed by atoms with Gasteiger partial charge >= 0.3 is 0 Å². The van der Waals surface area contributed by atoms with E-state index in [1.54, 1.807) is 18.4 Å². The molecule has 1 aliphatic carbocycles. The van der Waals surface area contributed by atoms with E-state index in [9.17, 15) is 4.79 Å². The van der Waals surface area contributed by atoms with Crippen molar-refractivity contribution in [2.75, 3.05) is 13.7 Å². The Hall–Kier alpha value is -2.53. The van der Waals surface area contributed by atoms with Crippen LogP contribution in [0.4, 0.5) is 0 Å². The molecule has 1 amide bonds. The normalized spacial score (nSPS) is 15.9. The maximum absolute atomic E-state index is 13.0. The molecule has 1 aliphatic rings. The van der Waals surface area contributed by atoms with E-state index in [4.69, 9.17) is 9.47 Å². The first-order valence-corrected chi connectivity index (χ1v) is 10.1. The van der Waals surface area contributed by atoms with E-state index < -0.39 is 0 Å². The van der Waals surface area contributed by atoms with Gasteiger partial charge in [0.2, 0.25) is 0 Å². The number of ether oxygens (including phenoxy) is 2. The summed E-state index contributed by atoms with van der Waals surface area (Å²) >= 11 is 1.67. The fourth-order valence-corrected chi connectivity index (χ4v) is 3.82. The molecule has 1 unspecified atom stereocenters. The average molecular weight is 384 g/mol. The third kappa shape index (κ3) is 5.01. The third-order valence-electron chi connectivity index (χ3n) is 4.66. The lowest BCUT2D eigenvalue weighted by atomic mass is 9.93. The highest BCUT2D eigenvalue weighted by Gasteiger charge is 2.25. The van der Waals surface area contributed by atoms with Crippen LogP contribution in [0.15, 0.2) is 65.7 Å². The molecule has 4 nitrogen and oxygen atoms in total. The maximum Gasteiger partial charge on any atom is 0.265 e. The van der Waals surface area contributed by atoms with Crippen LogP contribution in [0.3, 0.4) is 0 Å². The molecule has 2 aromatic rings. The van der Waals surface area contributed by atoms with Crippen LogP contribution in [-0.4, -0.2) is 24.5 Å².